The van der Waals surface area contributed by atoms with Gasteiger partial charge in [-0.2, -0.15) is 0 Å². The van der Waals surface area contributed by atoms with Gasteiger partial charge in [-0.3, -0.25) is 20.2 Å². The lowest BCUT2D eigenvalue weighted by Gasteiger charge is -2.11. The Balaban J connectivity index is 2.74. The molecule has 1 rings (SSSR count). The highest BCUT2D eigenvalue weighted by Gasteiger charge is 2.13. The van der Waals surface area contributed by atoms with Crippen LogP contribution in [-0.4, -0.2) is 35.6 Å². The summed E-state index contributed by atoms with van der Waals surface area (Å²) >= 11 is 4.94. The van der Waals surface area contributed by atoms with E-state index < -0.39 is 16.8 Å². The topological polar surface area (TPSA) is 120 Å². The van der Waals surface area contributed by atoms with E-state index in [9.17, 15) is 19.7 Å². The average Bonchev–Trinajstić information content (AvgIpc) is 2.53. The molecule has 0 bridgehead atoms. The molecule has 0 spiro atoms. The molecular weight excluding hydrogens is 338 g/mol. The number of non-ortho nitro benzene ring substituents is 1. The predicted octanol–water partition coefficient (Wildman–Crippen LogP) is 1.54. The predicted molar refractivity (Wildman–Crippen MR) is 89.8 cm³/mol. The van der Waals surface area contributed by atoms with Crippen LogP contribution < -0.4 is 15.4 Å². The van der Waals surface area contributed by atoms with Crippen molar-refractivity contribution in [3.63, 3.8) is 0 Å². The first-order chi connectivity index (χ1) is 11.4. The van der Waals surface area contributed by atoms with Crippen molar-refractivity contribution in [3.05, 3.63) is 40.5 Å². The molecule has 0 aliphatic rings. The van der Waals surface area contributed by atoms with Crippen molar-refractivity contribution in [2.45, 2.75) is 6.92 Å². The number of thiocarbonyl (C=S) groups is 1. The first-order valence-corrected chi connectivity index (χ1v) is 7.07. The van der Waals surface area contributed by atoms with Crippen LogP contribution >= 0.6 is 12.2 Å². The van der Waals surface area contributed by atoms with Crippen LogP contribution in [0.3, 0.4) is 0 Å². The summed E-state index contributed by atoms with van der Waals surface area (Å²) in [4.78, 5) is 32.9. The van der Waals surface area contributed by atoms with E-state index in [1.54, 1.807) is 6.92 Å². The van der Waals surface area contributed by atoms with Gasteiger partial charge in [-0.25, -0.2) is 4.79 Å². The summed E-state index contributed by atoms with van der Waals surface area (Å²) in [6.45, 7) is 1.83. The van der Waals surface area contributed by atoms with Crippen LogP contribution in [-0.2, 0) is 14.3 Å². The normalized spacial score (nSPS) is 10.1. The van der Waals surface area contributed by atoms with Crippen LogP contribution in [0.5, 0.6) is 5.75 Å². The number of nitrogens with zero attached hydrogens (tertiary/aromatic N) is 1. The average molecular weight is 353 g/mol. The van der Waals surface area contributed by atoms with Crippen molar-refractivity contribution in [2.24, 2.45) is 0 Å². The van der Waals surface area contributed by atoms with Crippen LogP contribution in [0.15, 0.2) is 30.4 Å². The largest absolute Gasteiger partial charge is 0.495 e. The van der Waals surface area contributed by atoms with Gasteiger partial charge in [-0.1, -0.05) is 0 Å². The molecule has 0 aliphatic heterocycles. The van der Waals surface area contributed by atoms with E-state index in [0.717, 1.165) is 12.2 Å². The smallest absolute Gasteiger partial charge is 0.330 e. The minimum absolute atomic E-state index is 0.118. The van der Waals surface area contributed by atoms with Crippen LogP contribution in [0, 0.1) is 10.1 Å². The standard InChI is InChI=1S/C14H15N3O6S/c1-3-23-13(19)7-6-12(18)16-14(24)15-10-8-9(17(20)21)4-5-11(10)22-2/h4-8H,3H2,1-2H3,(H2,15,16,18,24). The number of benzene rings is 1. The second-order valence-corrected chi connectivity index (χ2v) is 4.58. The molecule has 24 heavy (non-hydrogen) atoms. The summed E-state index contributed by atoms with van der Waals surface area (Å²) < 4.78 is 9.68. The minimum atomic E-state index is -0.662. The highest BCUT2D eigenvalue weighted by Crippen LogP contribution is 2.28. The fourth-order valence-corrected chi connectivity index (χ4v) is 1.76. The monoisotopic (exact) mass is 353 g/mol. The zero-order valence-electron chi connectivity index (χ0n) is 12.9. The maximum Gasteiger partial charge on any atom is 0.330 e. The van der Waals surface area contributed by atoms with Gasteiger partial charge < -0.3 is 14.8 Å². The fraction of sp³-hybridized carbons (Fsp3) is 0.214. The molecule has 10 heteroatoms. The number of nitrogens with one attached hydrogen (secondary N) is 2. The molecule has 9 nitrogen and oxygen atoms in total. The molecule has 1 aromatic carbocycles. The highest BCUT2D eigenvalue weighted by atomic mass is 32.1. The molecule has 0 radical (unpaired) electrons. The van der Waals surface area contributed by atoms with Crippen molar-refractivity contribution in [2.75, 3.05) is 19.0 Å². The molecule has 0 heterocycles. The molecule has 0 saturated heterocycles. The van der Waals surface area contributed by atoms with E-state index in [1.165, 1.54) is 25.3 Å². The van der Waals surface area contributed by atoms with E-state index in [0.29, 0.717) is 5.75 Å². The molecule has 0 unspecified atom stereocenters. The number of carbonyl (C=O) groups excluding carboxylic acids is 2. The Morgan fingerprint density at radius 1 is 1.38 bits per heavy atom. The summed E-state index contributed by atoms with van der Waals surface area (Å²) in [7, 11) is 1.38. The summed E-state index contributed by atoms with van der Waals surface area (Å²) in [6.07, 6.45) is 1.91. The van der Waals surface area contributed by atoms with Crippen molar-refractivity contribution < 1.29 is 24.0 Å². The molecular formula is C14H15N3O6S. The Hall–Kier alpha value is -3.01. The Kier molecular flexibility index (Phi) is 7.30. The molecule has 0 saturated carbocycles. The van der Waals surface area contributed by atoms with Crippen LogP contribution in [0.1, 0.15) is 6.92 Å². The fourth-order valence-electron chi connectivity index (χ4n) is 1.55. The second-order valence-electron chi connectivity index (χ2n) is 4.17. The summed E-state index contributed by atoms with van der Waals surface area (Å²) in [6, 6.07) is 3.88. The zero-order valence-corrected chi connectivity index (χ0v) is 13.7. The maximum atomic E-state index is 11.6. The minimum Gasteiger partial charge on any atom is -0.495 e. The molecule has 128 valence electrons. The van der Waals surface area contributed by atoms with Gasteiger partial charge in [0.05, 0.1) is 24.3 Å². The SMILES string of the molecule is CCOC(=O)C=CC(=O)NC(=S)Nc1cc([N+](=O)[O-])ccc1OC. The lowest BCUT2D eigenvalue weighted by Crippen LogP contribution is -2.33. The first-order valence-electron chi connectivity index (χ1n) is 6.66. The number of nitro benzene ring substituents is 1. The number of carbonyl (C=O) groups is 2. The molecule has 1 aromatic rings. The lowest BCUT2D eigenvalue weighted by molar-refractivity contribution is -0.384. The van der Waals surface area contributed by atoms with E-state index >= 15 is 0 Å². The quantitative estimate of drug-likeness (QED) is 0.260. The molecule has 0 atom stereocenters. The van der Waals surface area contributed by atoms with Gasteiger partial charge in [-0.15, -0.1) is 0 Å². The number of nitro groups is 1. The summed E-state index contributed by atoms with van der Waals surface area (Å²) in [5, 5.41) is 15.6. The summed E-state index contributed by atoms with van der Waals surface area (Å²) in [5.74, 6) is -1.02. The van der Waals surface area contributed by atoms with Crippen molar-refractivity contribution in [1.82, 2.24) is 5.32 Å². The van der Waals surface area contributed by atoms with Crippen LogP contribution in [0.2, 0.25) is 0 Å². The number of anilines is 1. The number of hydrogen-bond acceptors (Lipinski definition) is 7. The number of hydrogen-bond donors (Lipinski definition) is 2. The molecule has 2 N–H and O–H groups in total. The number of esters is 1. The highest BCUT2D eigenvalue weighted by molar-refractivity contribution is 7.80. The Labute approximate surface area is 142 Å². The van der Waals surface area contributed by atoms with E-state index in [2.05, 4.69) is 15.4 Å². The Morgan fingerprint density at radius 2 is 2.08 bits per heavy atom. The number of methoxy groups -OCH3 is 1. The third-order valence-electron chi connectivity index (χ3n) is 2.54. The van der Waals surface area contributed by atoms with Crippen molar-refractivity contribution >= 4 is 40.6 Å². The molecule has 0 fully saturated rings. The molecule has 0 aromatic heterocycles. The Bertz CT molecular complexity index is 689. The molecule has 0 aliphatic carbocycles. The van der Waals surface area contributed by atoms with Crippen molar-refractivity contribution in [1.29, 1.82) is 0 Å². The number of rotatable bonds is 6. The van der Waals surface area contributed by atoms with Crippen LogP contribution in [0.4, 0.5) is 11.4 Å². The summed E-state index contributed by atoms with van der Waals surface area (Å²) in [5.41, 5.74) is 0.0426. The maximum absolute atomic E-state index is 11.6. The lowest BCUT2D eigenvalue weighted by atomic mass is 10.2. The van der Waals surface area contributed by atoms with Gasteiger partial charge in [-0.05, 0) is 25.2 Å². The van der Waals surface area contributed by atoms with Gasteiger partial charge in [0, 0.05) is 24.3 Å². The van der Waals surface area contributed by atoms with Gasteiger partial charge >= 0.3 is 5.97 Å². The van der Waals surface area contributed by atoms with E-state index in [1.807, 2.05) is 0 Å². The third kappa shape index (κ3) is 6.01. The van der Waals surface area contributed by atoms with Gasteiger partial charge in [0.2, 0.25) is 5.91 Å². The first kappa shape index (κ1) is 19.0. The third-order valence-corrected chi connectivity index (χ3v) is 2.74. The van der Waals surface area contributed by atoms with Gasteiger partial charge in [0.25, 0.3) is 5.69 Å². The molecule has 1 amide bonds. The van der Waals surface area contributed by atoms with E-state index in [-0.39, 0.29) is 23.1 Å². The van der Waals surface area contributed by atoms with Crippen LogP contribution in [0.25, 0.3) is 0 Å². The number of amides is 1. The number of ether oxygens (including phenoxy) is 2. The Morgan fingerprint density at radius 3 is 2.67 bits per heavy atom. The van der Waals surface area contributed by atoms with Gasteiger partial charge in [0.15, 0.2) is 5.11 Å². The second kappa shape index (κ2) is 9.20. The zero-order chi connectivity index (χ0) is 18.1. The van der Waals surface area contributed by atoms with E-state index in [4.69, 9.17) is 17.0 Å². The van der Waals surface area contributed by atoms with Crippen molar-refractivity contribution in [3.8, 4) is 5.75 Å². The van der Waals surface area contributed by atoms with Gasteiger partial charge in [0.1, 0.15) is 5.75 Å².